The van der Waals surface area contributed by atoms with Gasteiger partial charge < -0.3 is 9.84 Å². The van der Waals surface area contributed by atoms with E-state index in [-0.39, 0.29) is 35.3 Å². The van der Waals surface area contributed by atoms with Crippen molar-refractivity contribution in [3.05, 3.63) is 0 Å². The molecule has 3 aliphatic rings. The van der Waals surface area contributed by atoms with E-state index in [2.05, 4.69) is 15.9 Å². The molecule has 0 unspecified atom stereocenters. The molecule has 1 N–H and O–H groups in total. The van der Waals surface area contributed by atoms with Gasteiger partial charge >= 0.3 is 5.97 Å². The van der Waals surface area contributed by atoms with E-state index >= 15 is 0 Å². The third-order valence-electron chi connectivity index (χ3n) is 3.90. The zero-order valence-corrected chi connectivity index (χ0v) is 8.61. The monoisotopic (exact) mass is 246 g/mol. The topological polar surface area (TPSA) is 46.5 Å². The van der Waals surface area contributed by atoms with Gasteiger partial charge in [0, 0.05) is 12.5 Å². The quantitative estimate of drug-likeness (QED) is 0.543. The van der Waals surface area contributed by atoms with Gasteiger partial charge in [-0.2, -0.15) is 0 Å². The van der Waals surface area contributed by atoms with E-state index < -0.39 is 0 Å². The smallest absolute Gasteiger partial charge is 0.310 e. The predicted octanol–water partition coefficient (Wildman–Crippen LogP) is 0.550. The summed E-state index contributed by atoms with van der Waals surface area (Å²) in [7, 11) is 0. The van der Waals surface area contributed by atoms with Crippen molar-refractivity contribution in [3.8, 4) is 0 Å². The Labute approximate surface area is 84.6 Å². The zero-order valence-electron chi connectivity index (χ0n) is 7.02. The Balaban J connectivity index is 2.01. The third kappa shape index (κ3) is 0.814. The first kappa shape index (κ1) is 8.24. The second-order valence-corrected chi connectivity index (χ2v) is 5.34. The highest BCUT2D eigenvalue weighted by atomic mass is 79.9. The fourth-order valence-corrected chi connectivity index (χ4v) is 4.48. The lowest BCUT2D eigenvalue weighted by molar-refractivity contribution is -0.144. The van der Waals surface area contributed by atoms with Crippen LogP contribution in [0.25, 0.3) is 0 Å². The molecule has 72 valence electrons. The minimum Gasteiger partial charge on any atom is -0.461 e. The van der Waals surface area contributed by atoms with Gasteiger partial charge in [-0.1, -0.05) is 15.9 Å². The van der Waals surface area contributed by atoms with E-state index in [1.54, 1.807) is 0 Å². The molecule has 4 heteroatoms. The van der Waals surface area contributed by atoms with Crippen LogP contribution in [0.15, 0.2) is 0 Å². The van der Waals surface area contributed by atoms with Crippen LogP contribution in [0.5, 0.6) is 0 Å². The van der Waals surface area contributed by atoms with Crippen molar-refractivity contribution in [2.45, 2.75) is 17.4 Å². The number of fused-ring (bicyclic) bond motifs is 1. The van der Waals surface area contributed by atoms with Gasteiger partial charge in [-0.05, 0) is 18.3 Å². The van der Waals surface area contributed by atoms with Crippen molar-refractivity contribution >= 4 is 21.9 Å². The second kappa shape index (κ2) is 2.48. The number of hydrogen-bond donors (Lipinski definition) is 1. The van der Waals surface area contributed by atoms with Gasteiger partial charge in [0.1, 0.15) is 6.10 Å². The maximum absolute atomic E-state index is 11.5. The summed E-state index contributed by atoms with van der Waals surface area (Å²) in [5, 5.41) is 9.22. The molecule has 0 aromatic heterocycles. The molecule has 0 aromatic carbocycles. The molecule has 2 bridgehead atoms. The fourth-order valence-electron chi connectivity index (χ4n) is 3.37. The first-order chi connectivity index (χ1) is 6.24. The molecule has 0 aromatic rings. The molecule has 2 saturated carbocycles. The van der Waals surface area contributed by atoms with Crippen molar-refractivity contribution in [2.24, 2.45) is 23.7 Å². The second-order valence-electron chi connectivity index (χ2n) is 4.28. The first-order valence-electron chi connectivity index (χ1n) is 4.69. The number of alkyl halides is 1. The molecule has 1 heterocycles. The van der Waals surface area contributed by atoms with E-state index in [0.29, 0.717) is 11.8 Å². The van der Waals surface area contributed by atoms with Crippen molar-refractivity contribution in [1.82, 2.24) is 0 Å². The molecule has 0 radical (unpaired) electrons. The molecular formula is C9H11BrO3. The minimum absolute atomic E-state index is 0.00574. The van der Waals surface area contributed by atoms with E-state index in [1.165, 1.54) is 0 Å². The number of aliphatic hydroxyl groups is 1. The van der Waals surface area contributed by atoms with E-state index in [0.717, 1.165) is 6.42 Å². The zero-order chi connectivity index (χ0) is 9.16. The molecule has 1 saturated heterocycles. The number of carbonyl (C=O) groups is 1. The summed E-state index contributed by atoms with van der Waals surface area (Å²) in [6, 6.07) is 0. The SMILES string of the molecule is O=C1O[C@@H]2[C@H](Br)[C@H]3C[C@H]2[C@@H]1[C@@H]3CO. The average Bonchev–Trinajstić information content (AvgIpc) is 2.68. The van der Waals surface area contributed by atoms with Gasteiger partial charge in [0.15, 0.2) is 0 Å². The molecule has 2 aliphatic carbocycles. The minimum atomic E-state index is -0.0847. The Morgan fingerprint density at radius 2 is 2.31 bits per heavy atom. The number of ether oxygens (including phenoxy) is 1. The lowest BCUT2D eigenvalue weighted by Crippen LogP contribution is -2.35. The van der Waals surface area contributed by atoms with Gasteiger partial charge in [0.05, 0.1) is 10.7 Å². The van der Waals surface area contributed by atoms with Gasteiger partial charge in [-0.3, -0.25) is 4.79 Å². The Morgan fingerprint density at radius 1 is 1.54 bits per heavy atom. The van der Waals surface area contributed by atoms with Gasteiger partial charge in [0.2, 0.25) is 0 Å². The first-order valence-corrected chi connectivity index (χ1v) is 5.61. The summed E-state index contributed by atoms with van der Waals surface area (Å²) >= 11 is 3.57. The van der Waals surface area contributed by atoms with Crippen LogP contribution >= 0.6 is 15.9 Å². The van der Waals surface area contributed by atoms with Crippen molar-refractivity contribution in [1.29, 1.82) is 0 Å². The molecule has 1 aliphatic heterocycles. The highest BCUT2D eigenvalue weighted by Gasteiger charge is 2.65. The summed E-state index contributed by atoms with van der Waals surface area (Å²) in [6.07, 6.45) is 1.13. The van der Waals surface area contributed by atoms with Crippen LogP contribution in [0.1, 0.15) is 6.42 Å². The Hall–Kier alpha value is -0.0900. The maximum Gasteiger partial charge on any atom is 0.310 e. The maximum atomic E-state index is 11.5. The molecule has 3 nitrogen and oxygen atoms in total. The summed E-state index contributed by atoms with van der Waals surface area (Å²) in [4.78, 5) is 11.7. The molecule has 0 amide bonds. The number of carbonyl (C=O) groups excluding carboxylic acids is 1. The van der Waals surface area contributed by atoms with Crippen molar-refractivity contribution in [2.75, 3.05) is 6.61 Å². The van der Waals surface area contributed by atoms with Crippen LogP contribution in [-0.4, -0.2) is 28.6 Å². The predicted molar refractivity (Wildman–Crippen MR) is 48.3 cm³/mol. The lowest BCUT2D eigenvalue weighted by atomic mass is 9.80. The van der Waals surface area contributed by atoms with Crippen LogP contribution in [-0.2, 0) is 9.53 Å². The molecule has 3 fully saturated rings. The Morgan fingerprint density at radius 3 is 3.00 bits per heavy atom. The van der Waals surface area contributed by atoms with Crippen LogP contribution < -0.4 is 0 Å². The molecule has 6 atom stereocenters. The van der Waals surface area contributed by atoms with Crippen molar-refractivity contribution in [3.63, 3.8) is 0 Å². The fraction of sp³-hybridized carbons (Fsp3) is 0.889. The van der Waals surface area contributed by atoms with Crippen molar-refractivity contribution < 1.29 is 14.6 Å². The van der Waals surface area contributed by atoms with Gasteiger partial charge in [0.25, 0.3) is 0 Å². The van der Waals surface area contributed by atoms with E-state index in [9.17, 15) is 9.90 Å². The number of halogens is 1. The largest absolute Gasteiger partial charge is 0.461 e. The Kier molecular flexibility index (Phi) is 1.57. The summed E-state index contributed by atoms with van der Waals surface area (Å²) in [5.74, 6) is 0.864. The van der Waals surface area contributed by atoms with Crippen LogP contribution in [0.4, 0.5) is 0 Å². The number of rotatable bonds is 1. The van der Waals surface area contributed by atoms with E-state index in [1.807, 2.05) is 0 Å². The summed E-state index contributed by atoms with van der Waals surface area (Å²) in [6.45, 7) is 0.121. The number of hydrogen-bond acceptors (Lipinski definition) is 3. The average molecular weight is 247 g/mol. The molecule has 0 spiro atoms. The van der Waals surface area contributed by atoms with Crippen LogP contribution in [0, 0.1) is 23.7 Å². The highest BCUT2D eigenvalue weighted by molar-refractivity contribution is 9.09. The highest BCUT2D eigenvalue weighted by Crippen LogP contribution is 2.59. The molecule has 3 rings (SSSR count). The summed E-state index contributed by atoms with van der Waals surface area (Å²) in [5.41, 5.74) is 0. The van der Waals surface area contributed by atoms with Gasteiger partial charge in [-0.25, -0.2) is 0 Å². The number of esters is 1. The normalized spacial score (nSPS) is 57.2. The molecular weight excluding hydrogens is 236 g/mol. The van der Waals surface area contributed by atoms with E-state index in [4.69, 9.17) is 4.74 Å². The summed E-state index contributed by atoms with van der Waals surface area (Å²) < 4.78 is 5.29. The van der Waals surface area contributed by atoms with Crippen LogP contribution in [0.3, 0.4) is 0 Å². The standard InChI is InChI=1S/C9H11BrO3/c10-7-3-1-4-6(5(3)2-11)9(12)13-8(4)7/h3-8,11H,1-2H2/t3-,4-,5+,6+,7+,8-/m0/s1. The third-order valence-corrected chi connectivity index (χ3v) is 5.10. The Bertz CT molecular complexity index is 268. The van der Waals surface area contributed by atoms with Gasteiger partial charge in [-0.15, -0.1) is 0 Å². The lowest BCUT2D eigenvalue weighted by Gasteiger charge is -2.26. The van der Waals surface area contributed by atoms with Crippen LogP contribution in [0.2, 0.25) is 0 Å². The molecule has 13 heavy (non-hydrogen) atoms. The number of aliphatic hydroxyl groups excluding tert-OH is 1.